The van der Waals surface area contributed by atoms with Gasteiger partial charge in [0.05, 0.1) is 12.8 Å². The van der Waals surface area contributed by atoms with E-state index >= 15 is 0 Å². The molecule has 0 aromatic heterocycles. The van der Waals surface area contributed by atoms with Gasteiger partial charge in [0.2, 0.25) is 0 Å². The van der Waals surface area contributed by atoms with E-state index in [1.165, 1.54) is 5.06 Å². The third kappa shape index (κ3) is 6.42. The van der Waals surface area contributed by atoms with E-state index in [0.29, 0.717) is 11.8 Å². The zero-order chi connectivity index (χ0) is 10.1. The molecule has 0 rings (SSSR count). The molecule has 0 aromatic carbocycles. The van der Waals surface area contributed by atoms with Crippen LogP contribution >= 0.6 is 11.6 Å². The Labute approximate surface area is 84.2 Å². The lowest BCUT2D eigenvalue weighted by Gasteiger charge is -2.15. The van der Waals surface area contributed by atoms with Crippen LogP contribution in [0.3, 0.4) is 0 Å². The fraction of sp³-hybridized carbons (Fsp3) is 0.625. The van der Waals surface area contributed by atoms with E-state index in [-0.39, 0.29) is 0 Å². The Bertz CT molecular complexity index is 182. The highest BCUT2D eigenvalue weighted by molar-refractivity contribution is 6.28. The zero-order valence-electron chi connectivity index (χ0n) is 8.25. The summed E-state index contributed by atoms with van der Waals surface area (Å²) in [5.74, 6) is 0. The molecule has 0 amide bonds. The maximum Gasteiger partial charge on any atom is 0.146 e. The van der Waals surface area contributed by atoms with Gasteiger partial charge in [-0.25, -0.2) is 5.06 Å². The normalized spacial score (nSPS) is 12.2. The van der Waals surface area contributed by atoms with Crippen molar-refractivity contribution >= 4 is 17.8 Å². The van der Waals surface area contributed by atoms with Crippen LogP contribution in [0.2, 0.25) is 0 Å². The summed E-state index contributed by atoms with van der Waals surface area (Å²) in [5, 5.41) is 5.78. The van der Waals surface area contributed by atoms with E-state index in [2.05, 4.69) is 10.5 Å². The second-order valence-corrected chi connectivity index (χ2v) is 2.62. The molecule has 0 aromatic rings. The third-order valence-corrected chi connectivity index (χ3v) is 1.50. The zero-order valence-corrected chi connectivity index (χ0v) is 9.01. The molecule has 76 valence electrons. The van der Waals surface area contributed by atoms with Crippen molar-refractivity contribution in [3.05, 3.63) is 11.4 Å². The van der Waals surface area contributed by atoms with Crippen LogP contribution in [0.4, 0.5) is 0 Å². The summed E-state index contributed by atoms with van der Waals surface area (Å²) in [4.78, 5) is 5.10. The summed E-state index contributed by atoms with van der Waals surface area (Å²) in [6, 6.07) is 0. The van der Waals surface area contributed by atoms with Crippen LogP contribution < -0.4 is 5.43 Å². The van der Waals surface area contributed by atoms with Crippen molar-refractivity contribution in [3.63, 3.8) is 0 Å². The first kappa shape index (κ1) is 12.3. The molecule has 4 nitrogen and oxygen atoms in total. The molecule has 0 radical (unpaired) electrons. The first-order valence-electron chi connectivity index (χ1n) is 4.21. The standard InChI is InChI=1S/C8H16ClN3O/c1-4-6-10-11-7-8(9)12(3)13-5-2/h6-7,11H,4-5H2,1-3H3/b8-7-,10-6-. The highest BCUT2D eigenvalue weighted by Gasteiger charge is 1.98. The van der Waals surface area contributed by atoms with Crippen molar-refractivity contribution < 1.29 is 4.84 Å². The average molecular weight is 206 g/mol. The van der Waals surface area contributed by atoms with E-state index in [0.717, 1.165) is 6.42 Å². The number of hydrogen-bond acceptors (Lipinski definition) is 4. The number of hydroxylamine groups is 2. The van der Waals surface area contributed by atoms with Gasteiger partial charge in [0.25, 0.3) is 0 Å². The minimum Gasteiger partial charge on any atom is -0.283 e. The largest absolute Gasteiger partial charge is 0.283 e. The number of hydrogen-bond donors (Lipinski definition) is 1. The molecule has 0 atom stereocenters. The Morgan fingerprint density at radius 3 is 2.85 bits per heavy atom. The van der Waals surface area contributed by atoms with Gasteiger partial charge in [-0.2, -0.15) is 5.10 Å². The van der Waals surface area contributed by atoms with E-state index in [9.17, 15) is 0 Å². The molecule has 0 aliphatic heterocycles. The number of rotatable bonds is 6. The lowest BCUT2D eigenvalue weighted by atomic mass is 10.6. The highest BCUT2D eigenvalue weighted by atomic mass is 35.5. The second-order valence-electron chi connectivity index (χ2n) is 2.23. The highest BCUT2D eigenvalue weighted by Crippen LogP contribution is 2.05. The molecule has 5 heteroatoms. The summed E-state index contributed by atoms with van der Waals surface area (Å²) < 4.78 is 0. The first-order chi connectivity index (χ1) is 6.22. The monoisotopic (exact) mass is 205 g/mol. The van der Waals surface area contributed by atoms with E-state index in [4.69, 9.17) is 16.4 Å². The minimum absolute atomic E-state index is 0.454. The van der Waals surface area contributed by atoms with Gasteiger partial charge in [-0.1, -0.05) is 18.5 Å². The van der Waals surface area contributed by atoms with Crippen LogP contribution in [0.25, 0.3) is 0 Å². The summed E-state index contributed by atoms with van der Waals surface area (Å²) in [7, 11) is 1.73. The van der Waals surface area contributed by atoms with E-state index in [1.54, 1.807) is 19.5 Å². The van der Waals surface area contributed by atoms with Gasteiger partial charge < -0.3 is 0 Å². The van der Waals surface area contributed by atoms with Gasteiger partial charge in [-0.05, 0) is 13.3 Å². The smallest absolute Gasteiger partial charge is 0.146 e. The van der Waals surface area contributed by atoms with Crippen LogP contribution in [-0.4, -0.2) is 24.9 Å². The Hall–Kier alpha value is -0.740. The van der Waals surface area contributed by atoms with E-state index < -0.39 is 0 Å². The van der Waals surface area contributed by atoms with Crippen LogP contribution in [0.5, 0.6) is 0 Å². The molecular weight excluding hydrogens is 190 g/mol. The van der Waals surface area contributed by atoms with Gasteiger partial charge in [-0.15, -0.1) is 0 Å². The molecule has 0 spiro atoms. The summed E-state index contributed by atoms with van der Waals surface area (Å²) in [6.45, 7) is 4.48. The fourth-order valence-corrected chi connectivity index (χ4v) is 0.678. The number of halogens is 1. The van der Waals surface area contributed by atoms with E-state index in [1.807, 2.05) is 13.8 Å². The quantitative estimate of drug-likeness (QED) is 0.409. The van der Waals surface area contributed by atoms with Crippen molar-refractivity contribution in [2.45, 2.75) is 20.3 Å². The molecule has 0 saturated heterocycles. The molecule has 0 saturated carbocycles. The predicted molar refractivity (Wildman–Crippen MR) is 55.2 cm³/mol. The Morgan fingerprint density at radius 2 is 2.31 bits per heavy atom. The van der Waals surface area contributed by atoms with Crippen molar-refractivity contribution in [1.82, 2.24) is 10.5 Å². The lowest BCUT2D eigenvalue weighted by Crippen LogP contribution is -2.16. The lowest BCUT2D eigenvalue weighted by molar-refractivity contribution is -0.0987. The average Bonchev–Trinajstić information content (AvgIpc) is 2.12. The molecule has 0 bridgehead atoms. The molecule has 0 heterocycles. The van der Waals surface area contributed by atoms with Gasteiger partial charge in [0.1, 0.15) is 5.16 Å². The Kier molecular flexibility index (Phi) is 7.44. The maximum atomic E-state index is 5.81. The topological polar surface area (TPSA) is 36.9 Å². The third-order valence-electron chi connectivity index (χ3n) is 1.16. The fourth-order valence-electron chi connectivity index (χ4n) is 0.581. The molecule has 13 heavy (non-hydrogen) atoms. The molecule has 0 unspecified atom stereocenters. The molecule has 0 aliphatic rings. The SMILES string of the molecule is CC/C=N\N/C=C(/Cl)N(C)OCC. The summed E-state index contributed by atoms with van der Waals surface area (Å²) in [5.41, 5.74) is 2.68. The van der Waals surface area contributed by atoms with Gasteiger partial charge >= 0.3 is 0 Å². The predicted octanol–water partition coefficient (Wildman–Crippen LogP) is 1.89. The Morgan fingerprint density at radius 1 is 1.62 bits per heavy atom. The van der Waals surface area contributed by atoms with Crippen LogP contribution in [0, 0.1) is 0 Å². The molecule has 0 fully saturated rings. The van der Waals surface area contributed by atoms with Gasteiger partial charge in [0, 0.05) is 13.3 Å². The van der Waals surface area contributed by atoms with Crippen molar-refractivity contribution in [2.75, 3.05) is 13.7 Å². The summed E-state index contributed by atoms with van der Waals surface area (Å²) in [6.07, 6.45) is 4.20. The molecule has 0 aliphatic carbocycles. The second kappa shape index (κ2) is 7.89. The van der Waals surface area contributed by atoms with Crippen molar-refractivity contribution in [1.29, 1.82) is 0 Å². The number of nitrogens with one attached hydrogen (secondary N) is 1. The number of nitrogens with zero attached hydrogens (tertiary/aromatic N) is 2. The van der Waals surface area contributed by atoms with Gasteiger partial charge in [0.15, 0.2) is 0 Å². The van der Waals surface area contributed by atoms with Gasteiger partial charge in [-0.3, -0.25) is 10.3 Å². The minimum atomic E-state index is 0.454. The van der Waals surface area contributed by atoms with Crippen LogP contribution in [0.15, 0.2) is 16.5 Å². The maximum absolute atomic E-state index is 5.81. The number of hydrazone groups is 1. The molecule has 1 N–H and O–H groups in total. The van der Waals surface area contributed by atoms with Crippen LogP contribution in [0.1, 0.15) is 20.3 Å². The first-order valence-corrected chi connectivity index (χ1v) is 4.59. The van der Waals surface area contributed by atoms with Crippen molar-refractivity contribution in [3.8, 4) is 0 Å². The molecular formula is C8H16ClN3O. The van der Waals surface area contributed by atoms with Crippen LogP contribution in [-0.2, 0) is 4.84 Å². The summed E-state index contributed by atoms with van der Waals surface area (Å²) >= 11 is 5.81. The van der Waals surface area contributed by atoms with Crippen molar-refractivity contribution in [2.24, 2.45) is 5.10 Å². The Balaban J connectivity index is 3.79.